The van der Waals surface area contributed by atoms with Crippen molar-refractivity contribution < 1.29 is 4.79 Å². The molecule has 0 saturated heterocycles. The quantitative estimate of drug-likeness (QED) is 0.722. The second-order valence-electron chi connectivity index (χ2n) is 4.07. The Kier molecular flexibility index (Phi) is 4.09. The number of anilines is 1. The number of H-pyrrole nitrogens is 1. The number of nitrogens with zero attached hydrogens (tertiary/aromatic N) is 1. The molecule has 0 aliphatic heterocycles. The van der Waals surface area contributed by atoms with E-state index in [9.17, 15) is 4.79 Å². The maximum absolute atomic E-state index is 11.8. The lowest BCUT2D eigenvalue weighted by Crippen LogP contribution is -2.34. The van der Waals surface area contributed by atoms with Gasteiger partial charge in [0.2, 0.25) is 5.91 Å². The number of hydrazine groups is 1. The number of nitrogens with one attached hydrogen (secondary N) is 3. The number of fused-ring (bicyclic) bond motifs is 1. The number of amides is 1. The Bertz CT molecular complexity index is 540. The summed E-state index contributed by atoms with van der Waals surface area (Å²) in [5.41, 5.74) is 8.17. The molecule has 0 saturated carbocycles. The van der Waals surface area contributed by atoms with Crippen molar-refractivity contribution in [2.24, 2.45) is 5.92 Å². The topological polar surface area (TPSA) is 69.8 Å². The predicted octanol–water partition coefficient (Wildman–Crippen LogP) is 2.01. The second kappa shape index (κ2) is 5.77. The molecule has 96 valence electrons. The number of carbonyl (C=O) groups excluding carboxylic acids is 1. The van der Waals surface area contributed by atoms with Gasteiger partial charge in [-0.3, -0.25) is 15.6 Å². The van der Waals surface area contributed by atoms with Crippen LogP contribution in [0.5, 0.6) is 0 Å². The van der Waals surface area contributed by atoms with Crippen LogP contribution in [0.1, 0.15) is 6.92 Å². The molecule has 1 unspecified atom stereocenters. The summed E-state index contributed by atoms with van der Waals surface area (Å²) in [6.07, 6.45) is 3.62. The number of thioether (sulfide) groups is 1. The monoisotopic (exact) mass is 264 g/mol. The normalized spacial score (nSPS) is 12.3. The first kappa shape index (κ1) is 12.8. The number of carbonyl (C=O) groups is 1. The zero-order valence-corrected chi connectivity index (χ0v) is 11.2. The second-order valence-corrected chi connectivity index (χ2v) is 4.99. The standard InChI is InChI=1S/C12H16N4OS/c1-8(6-18-2)12(17)16-15-10-5-3-4-9-11(10)14-7-13-9/h3-5,7-8,15H,6H2,1-2H3,(H,13,14)(H,16,17). The fourth-order valence-corrected chi connectivity index (χ4v) is 2.30. The molecule has 5 nitrogen and oxygen atoms in total. The predicted molar refractivity (Wildman–Crippen MR) is 75.4 cm³/mol. The van der Waals surface area contributed by atoms with Gasteiger partial charge in [-0.1, -0.05) is 13.0 Å². The van der Waals surface area contributed by atoms with E-state index in [1.807, 2.05) is 31.4 Å². The van der Waals surface area contributed by atoms with Crippen LogP contribution in [0.3, 0.4) is 0 Å². The number of imidazole rings is 1. The molecule has 2 aromatic rings. The van der Waals surface area contributed by atoms with Crippen LogP contribution in [0.25, 0.3) is 11.0 Å². The number of para-hydroxylation sites is 1. The third-order valence-electron chi connectivity index (χ3n) is 2.63. The number of rotatable bonds is 5. The Morgan fingerprint density at radius 1 is 1.56 bits per heavy atom. The number of aromatic nitrogens is 2. The van der Waals surface area contributed by atoms with Crippen LogP contribution in [-0.2, 0) is 4.79 Å². The van der Waals surface area contributed by atoms with Gasteiger partial charge in [0, 0.05) is 11.7 Å². The first-order valence-corrected chi connectivity index (χ1v) is 7.08. The summed E-state index contributed by atoms with van der Waals surface area (Å²) in [4.78, 5) is 19.0. The van der Waals surface area contributed by atoms with E-state index in [0.29, 0.717) is 0 Å². The maximum Gasteiger partial charge on any atom is 0.241 e. The van der Waals surface area contributed by atoms with Crippen molar-refractivity contribution in [2.75, 3.05) is 17.4 Å². The van der Waals surface area contributed by atoms with E-state index in [0.717, 1.165) is 22.5 Å². The summed E-state index contributed by atoms with van der Waals surface area (Å²) in [5, 5.41) is 0. The van der Waals surface area contributed by atoms with Gasteiger partial charge in [0.1, 0.15) is 5.52 Å². The van der Waals surface area contributed by atoms with E-state index in [-0.39, 0.29) is 11.8 Å². The summed E-state index contributed by atoms with van der Waals surface area (Å²) in [5.74, 6) is 0.767. The lowest BCUT2D eigenvalue weighted by molar-refractivity contribution is -0.123. The van der Waals surface area contributed by atoms with Crippen LogP contribution in [-0.4, -0.2) is 27.9 Å². The molecule has 0 radical (unpaired) electrons. The van der Waals surface area contributed by atoms with E-state index in [4.69, 9.17) is 0 Å². The molecule has 0 spiro atoms. The third-order valence-corrected chi connectivity index (χ3v) is 3.47. The third kappa shape index (κ3) is 2.76. The number of benzene rings is 1. The molecule has 0 aliphatic carbocycles. The Balaban J connectivity index is 2.02. The van der Waals surface area contributed by atoms with E-state index in [1.54, 1.807) is 18.1 Å². The molecule has 1 amide bonds. The molecule has 1 atom stereocenters. The van der Waals surface area contributed by atoms with Crippen molar-refractivity contribution in [1.82, 2.24) is 15.4 Å². The molecule has 18 heavy (non-hydrogen) atoms. The van der Waals surface area contributed by atoms with E-state index >= 15 is 0 Å². The summed E-state index contributed by atoms with van der Waals surface area (Å²) < 4.78 is 0. The molecular weight excluding hydrogens is 248 g/mol. The maximum atomic E-state index is 11.8. The van der Waals surface area contributed by atoms with Gasteiger partial charge in [-0.05, 0) is 18.4 Å². The highest BCUT2D eigenvalue weighted by molar-refractivity contribution is 7.98. The number of hydrogen-bond acceptors (Lipinski definition) is 4. The molecule has 3 N–H and O–H groups in total. The van der Waals surface area contributed by atoms with Gasteiger partial charge in [-0.15, -0.1) is 0 Å². The van der Waals surface area contributed by atoms with Crippen molar-refractivity contribution in [1.29, 1.82) is 0 Å². The lowest BCUT2D eigenvalue weighted by atomic mass is 10.2. The zero-order chi connectivity index (χ0) is 13.0. The summed E-state index contributed by atoms with van der Waals surface area (Å²) >= 11 is 1.66. The summed E-state index contributed by atoms with van der Waals surface area (Å²) in [6, 6.07) is 5.72. The van der Waals surface area contributed by atoms with Crippen molar-refractivity contribution >= 4 is 34.4 Å². The highest BCUT2D eigenvalue weighted by Crippen LogP contribution is 2.18. The summed E-state index contributed by atoms with van der Waals surface area (Å²) in [6.45, 7) is 1.91. The van der Waals surface area contributed by atoms with Crippen LogP contribution >= 0.6 is 11.8 Å². The molecule has 1 heterocycles. The SMILES string of the molecule is CSCC(C)C(=O)NNc1cccc2[nH]cnc12. The average Bonchev–Trinajstić information content (AvgIpc) is 2.84. The largest absolute Gasteiger partial charge is 0.345 e. The Morgan fingerprint density at radius 2 is 2.39 bits per heavy atom. The lowest BCUT2D eigenvalue weighted by Gasteiger charge is -2.12. The van der Waals surface area contributed by atoms with Gasteiger partial charge in [-0.25, -0.2) is 4.98 Å². The van der Waals surface area contributed by atoms with Gasteiger partial charge in [-0.2, -0.15) is 11.8 Å². The van der Waals surface area contributed by atoms with Gasteiger partial charge >= 0.3 is 0 Å². The minimum absolute atomic E-state index is 0.0168. The van der Waals surface area contributed by atoms with Crippen molar-refractivity contribution in [3.8, 4) is 0 Å². The first-order valence-electron chi connectivity index (χ1n) is 5.69. The van der Waals surface area contributed by atoms with Crippen LogP contribution in [0.2, 0.25) is 0 Å². The molecule has 0 fully saturated rings. The fraction of sp³-hybridized carbons (Fsp3) is 0.333. The average molecular weight is 264 g/mol. The Morgan fingerprint density at radius 3 is 3.17 bits per heavy atom. The Labute approximate surface area is 110 Å². The molecule has 0 bridgehead atoms. The highest BCUT2D eigenvalue weighted by Gasteiger charge is 2.12. The van der Waals surface area contributed by atoms with E-state index < -0.39 is 0 Å². The van der Waals surface area contributed by atoms with Crippen molar-refractivity contribution in [3.05, 3.63) is 24.5 Å². The van der Waals surface area contributed by atoms with Crippen molar-refractivity contribution in [3.63, 3.8) is 0 Å². The molecule has 6 heteroatoms. The minimum Gasteiger partial charge on any atom is -0.345 e. The van der Waals surface area contributed by atoms with Gasteiger partial charge < -0.3 is 4.98 Å². The summed E-state index contributed by atoms with van der Waals surface area (Å²) in [7, 11) is 0. The van der Waals surface area contributed by atoms with Crippen molar-refractivity contribution in [2.45, 2.75) is 6.92 Å². The smallest absolute Gasteiger partial charge is 0.241 e. The first-order chi connectivity index (χ1) is 8.72. The van der Waals surface area contributed by atoms with E-state index in [1.165, 1.54) is 0 Å². The number of hydrogen-bond donors (Lipinski definition) is 3. The molecular formula is C12H16N4OS. The van der Waals surface area contributed by atoms with E-state index in [2.05, 4.69) is 20.8 Å². The molecule has 1 aromatic carbocycles. The fourth-order valence-electron chi connectivity index (χ4n) is 1.64. The van der Waals surface area contributed by atoms with Crippen LogP contribution in [0, 0.1) is 5.92 Å². The Hall–Kier alpha value is -1.69. The van der Waals surface area contributed by atoms with Gasteiger partial charge in [0.25, 0.3) is 0 Å². The van der Waals surface area contributed by atoms with Gasteiger partial charge in [0.05, 0.1) is 17.5 Å². The molecule has 0 aliphatic rings. The highest BCUT2D eigenvalue weighted by atomic mass is 32.2. The zero-order valence-electron chi connectivity index (χ0n) is 10.4. The van der Waals surface area contributed by atoms with Crippen LogP contribution in [0.15, 0.2) is 24.5 Å². The molecule has 2 rings (SSSR count). The minimum atomic E-state index is -0.0223. The molecule has 1 aromatic heterocycles. The van der Waals surface area contributed by atoms with Crippen LogP contribution in [0.4, 0.5) is 5.69 Å². The number of aromatic amines is 1. The van der Waals surface area contributed by atoms with Gasteiger partial charge in [0.15, 0.2) is 0 Å². The van der Waals surface area contributed by atoms with Crippen LogP contribution < -0.4 is 10.9 Å².